The van der Waals surface area contributed by atoms with Gasteiger partial charge in [-0.2, -0.15) is 30.7 Å². The van der Waals surface area contributed by atoms with Crippen LogP contribution in [0.15, 0.2) is 43.0 Å². The van der Waals surface area contributed by atoms with E-state index in [4.69, 9.17) is 0 Å². The van der Waals surface area contributed by atoms with Crippen molar-refractivity contribution in [3.05, 3.63) is 43.0 Å². The predicted molar refractivity (Wildman–Crippen MR) is 70.6 cm³/mol. The SMILES string of the molecule is C=CCN(C(=O)C(C(F)(F)F)C(F)(OF)C(F)(F)F)c1ccccc1. The molecule has 0 N–H and O–H groups in total. The Bertz CT molecular complexity index is 601. The van der Waals surface area contributed by atoms with Gasteiger partial charge in [-0.15, -0.1) is 11.5 Å². The van der Waals surface area contributed by atoms with Crippen molar-refractivity contribution in [2.24, 2.45) is 5.92 Å². The number of alkyl halides is 7. The number of para-hydroxylation sites is 1. The zero-order valence-electron chi connectivity index (χ0n) is 12.2. The normalized spacial score (nSPS) is 16.0. The van der Waals surface area contributed by atoms with Gasteiger partial charge in [-0.05, 0) is 16.7 Å². The summed E-state index contributed by atoms with van der Waals surface area (Å²) in [5.74, 6) is -12.8. The van der Waals surface area contributed by atoms with Crippen molar-refractivity contribution in [1.29, 1.82) is 0 Å². The Labute approximate surface area is 136 Å². The molecule has 0 spiro atoms. The Hall–Kier alpha value is -2.17. The molecule has 0 aromatic heterocycles. The summed E-state index contributed by atoms with van der Waals surface area (Å²) in [6, 6.07) is 6.16. The second-order valence-corrected chi connectivity index (χ2v) is 4.77. The number of hydrogen-bond donors (Lipinski definition) is 0. The van der Waals surface area contributed by atoms with E-state index in [2.05, 4.69) is 6.58 Å². The molecule has 2 unspecified atom stereocenters. The van der Waals surface area contributed by atoms with Gasteiger partial charge in [0, 0.05) is 12.2 Å². The third-order valence-corrected chi connectivity index (χ3v) is 3.09. The molecule has 2 atom stereocenters. The molecule has 0 aliphatic heterocycles. The molecule has 0 aliphatic carbocycles. The van der Waals surface area contributed by atoms with Crippen LogP contribution in [0.25, 0.3) is 0 Å². The fourth-order valence-corrected chi connectivity index (χ4v) is 1.98. The van der Waals surface area contributed by atoms with E-state index in [1.807, 2.05) is 4.94 Å². The van der Waals surface area contributed by atoms with Gasteiger partial charge >= 0.3 is 18.2 Å². The quantitative estimate of drug-likeness (QED) is 0.539. The zero-order chi connectivity index (χ0) is 19.5. The second kappa shape index (κ2) is 7.38. The molecule has 0 aliphatic rings. The van der Waals surface area contributed by atoms with Crippen molar-refractivity contribution in [3.8, 4) is 0 Å². The number of carbonyl (C=O) groups is 1. The molecular weight excluding hydrogens is 366 g/mol. The molecule has 3 nitrogen and oxygen atoms in total. The third kappa shape index (κ3) is 4.27. The fourth-order valence-electron chi connectivity index (χ4n) is 1.98. The molecule has 1 rings (SSSR count). The minimum atomic E-state index is -6.46. The molecule has 0 saturated heterocycles. The first-order valence-electron chi connectivity index (χ1n) is 6.49. The van der Waals surface area contributed by atoms with Crippen molar-refractivity contribution < 1.29 is 45.0 Å². The summed E-state index contributed by atoms with van der Waals surface area (Å²) < 4.78 is 103. The summed E-state index contributed by atoms with van der Waals surface area (Å²) in [5.41, 5.74) is -0.273. The number of nitrogens with zero attached hydrogens (tertiary/aromatic N) is 1. The molecule has 0 radical (unpaired) electrons. The number of benzene rings is 1. The Kier molecular flexibility index (Phi) is 6.16. The van der Waals surface area contributed by atoms with E-state index in [0.29, 0.717) is 0 Å². The van der Waals surface area contributed by atoms with Gasteiger partial charge in [-0.25, -0.2) is 0 Å². The topological polar surface area (TPSA) is 29.5 Å². The number of hydrogen-bond acceptors (Lipinski definition) is 2. The summed E-state index contributed by atoms with van der Waals surface area (Å²) in [7, 11) is 0. The highest BCUT2D eigenvalue weighted by molar-refractivity contribution is 5.96. The molecule has 0 heterocycles. The van der Waals surface area contributed by atoms with Gasteiger partial charge < -0.3 is 4.90 Å². The van der Waals surface area contributed by atoms with E-state index in [-0.39, 0.29) is 10.6 Å². The molecule has 25 heavy (non-hydrogen) atoms. The first-order valence-corrected chi connectivity index (χ1v) is 6.49. The smallest absolute Gasteiger partial charge is 0.308 e. The van der Waals surface area contributed by atoms with Crippen LogP contribution in [0.5, 0.6) is 0 Å². The van der Waals surface area contributed by atoms with Crippen molar-refractivity contribution in [1.82, 2.24) is 0 Å². The Morgan fingerprint density at radius 3 is 2.00 bits per heavy atom. The van der Waals surface area contributed by atoms with Crippen LogP contribution < -0.4 is 4.90 Å². The lowest BCUT2D eigenvalue weighted by Gasteiger charge is -2.34. The van der Waals surface area contributed by atoms with Gasteiger partial charge in [0.2, 0.25) is 11.8 Å². The number of halogens is 8. The maximum atomic E-state index is 13.8. The molecule has 140 valence electrons. The highest BCUT2D eigenvalue weighted by Crippen LogP contribution is 2.48. The summed E-state index contributed by atoms with van der Waals surface area (Å²) >= 11 is 0. The average molecular weight is 377 g/mol. The molecule has 0 bridgehead atoms. The lowest BCUT2D eigenvalue weighted by atomic mass is 9.96. The number of carbonyl (C=O) groups excluding carboxylic acids is 1. The summed E-state index contributed by atoms with van der Waals surface area (Å²) in [5, 5.41) is 0. The van der Waals surface area contributed by atoms with Gasteiger partial charge in [0.1, 0.15) is 0 Å². The summed E-state index contributed by atoms with van der Waals surface area (Å²) in [4.78, 5) is 14.3. The molecular formula is C14H11F8NO2. The van der Waals surface area contributed by atoms with Gasteiger partial charge in [0.25, 0.3) is 0 Å². The highest BCUT2D eigenvalue weighted by Gasteiger charge is 2.74. The third-order valence-electron chi connectivity index (χ3n) is 3.09. The lowest BCUT2D eigenvalue weighted by molar-refractivity contribution is -0.435. The van der Waals surface area contributed by atoms with E-state index in [1.54, 1.807) is 0 Å². The highest BCUT2D eigenvalue weighted by atomic mass is 19.4. The lowest BCUT2D eigenvalue weighted by Crippen LogP contribution is -2.60. The molecule has 0 saturated carbocycles. The van der Waals surface area contributed by atoms with Crippen LogP contribution in [-0.2, 0) is 9.74 Å². The van der Waals surface area contributed by atoms with Crippen molar-refractivity contribution in [2.75, 3.05) is 11.4 Å². The van der Waals surface area contributed by atoms with Crippen LogP contribution in [0.1, 0.15) is 0 Å². The number of amides is 1. The van der Waals surface area contributed by atoms with Crippen LogP contribution in [-0.4, -0.2) is 30.7 Å². The van der Waals surface area contributed by atoms with Crippen LogP contribution in [0.4, 0.5) is 40.9 Å². The molecule has 1 amide bonds. The first-order chi connectivity index (χ1) is 11.4. The van der Waals surface area contributed by atoms with E-state index in [0.717, 1.165) is 18.2 Å². The largest absolute Gasteiger partial charge is 0.452 e. The number of anilines is 1. The van der Waals surface area contributed by atoms with E-state index in [9.17, 15) is 40.1 Å². The molecule has 11 heteroatoms. The minimum Gasteiger partial charge on any atom is -0.308 e. The molecule has 0 fully saturated rings. The van der Waals surface area contributed by atoms with E-state index < -0.39 is 36.6 Å². The van der Waals surface area contributed by atoms with E-state index in [1.165, 1.54) is 18.2 Å². The van der Waals surface area contributed by atoms with Gasteiger partial charge in [-0.1, -0.05) is 24.3 Å². The maximum absolute atomic E-state index is 13.8. The maximum Gasteiger partial charge on any atom is 0.452 e. The Balaban J connectivity index is 3.49. The van der Waals surface area contributed by atoms with Gasteiger partial charge in [0.05, 0.1) is 0 Å². The molecule has 1 aromatic rings. The monoisotopic (exact) mass is 377 g/mol. The summed E-state index contributed by atoms with van der Waals surface area (Å²) in [6.07, 6.45) is -11.7. The standard InChI is InChI=1S/C14H11F8NO2/c1-2-8-23(9-6-4-3-5-7-9)11(24)10(13(16,17)18)12(15,25-22)14(19,20)21/h2-7,10H,1,8H2. The number of rotatable bonds is 6. The zero-order valence-corrected chi connectivity index (χ0v) is 12.2. The fraction of sp³-hybridized carbons (Fsp3) is 0.357. The first kappa shape index (κ1) is 20.9. The predicted octanol–water partition coefficient (Wildman–Crippen LogP) is 4.51. The Morgan fingerprint density at radius 1 is 1.12 bits per heavy atom. The van der Waals surface area contributed by atoms with Crippen molar-refractivity contribution >= 4 is 11.6 Å². The minimum absolute atomic E-state index is 0.185. The Morgan fingerprint density at radius 2 is 1.64 bits per heavy atom. The van der Waals surface area contributed by atoms with Gasteiger partial charge in [-0.3, -0.25) is 4.79 Å². The second-order valence-electron chi connectivity index (χ2n) is 4.77. The van der Waals surface area contributed by atoms with Crippen LogP contribution >= 0.6 is 0 Å². The molecule has 1 aromatic carbocycles. The van der Waals surface area contributed by atoms with Crippen molar-refractivity contribution in [3.63, 3.8) is 0 Å². The van der Waals surface area contributed by atoms with Crippen LogP contribution in [0.3, 0.4) is 0 Å². The summed E-state index contributed by atoms with van der Waals surface area (Å²) in [6.45, 7) is 2.48. The van der Waals surface area contributed by atoms with Gasteiger partial charge in [0.15, 0.2) is 0 Å². The van der Waals surface area contributed by atoms with Crippen LogP contribution in [0.2, 0.25) is 0 Å². The van der Waals surface area contributed by atoms with Crippen molar-refractivity contribution in [2.45, 2.75) is 18.2 Å². The van der Waals surface area contributed by atoms with Crippen LogP contribution in [0, 0.1) is 5.92 Å². The van der Waals surface area contributed by atoms with E-state index >= 15 is 0 Å². The average Bonchev–Trinajstić information content (AvgIpc) is 2.50.